The van der Waals surface area contributed by atoms with E-state index >= 15 is 0 Å². The molecule has 6 heteroatoms. The topological polar surface area (TPSA) is 71.1 Å². The molecule has 3 aromatic rings. The lowest BCUT2D eigenvalue weighted by atomic mass is 9.89. The molecule has 0 aliphatic heterocycles. The van der Waals surface area contributed by atoms with E-state index < -0.39 is 0 Å². The van der Waals surface area contributed by atoms with Gasteiger partial charge in [-0.05, 0) is 49.1 Å². The molecule has 0 amide bonds. The van der Waals surface area contributed by atoms with Crippen molar-refractivity contribution in [2.24, 2.45) is 5.92 Å². The van der Waals surface area contributed by atoms with E-state index in [2.05, 4.69) is 26.9 Å². The smallest absolute Gasteiger partial charge is 0.302 e. The Hall–Kier alpha value is -2.89. The molecule has 27 heavy (non-hydrogen) atoms. The van der Waals surface area contributed by atoms with Gasteiger partial charge in [0.05, 0.1) is 17.1 Å². The van der Waals surface area contributed by atoms with Crippen LogP contribution in [0, 0.1) is 5.92 Å². The van der Waals surface area contributed by atoms with Crippen LogP contribution in [0.4, 0.5) is 5.69 Å². The molecular weight excluding hydrogens is 340 g/mol. The number of hydrogen-bond donors (Lipinski definition) is 1. The number of pyridine rings is 1. The average molecular weight is 364 g/mol. The van der Waals surface area contributed by atoms with Crippen LogP contribution in [0.25, 0.3) is 10.9 Å². The number of nitrogens with one attached hydrogen (secondary N) is 1. The van der Waals surface area contributed by atoms with Gasteiger partial charge in [0.1, 0.15) is 5.75 Å². The average Bonchev–Trinajstić information content (AvgIpc) is 2.69. The van der Waals surface area contributed by atoms with Crippen molar-refractivity contribution < 1.29 is 4.74 Å². The summed E-state index contributed by atoms with van der Waals surface area (Å²) in [7, 11) is 2.14. The van der Waals surface area contributed by atoms with Crippen molar-refractivity contribution in [2.75, 3.05) is 18.5 Å². The third-order valence-electron chi connectivity index (χ3n) is 5.24. The molecular formula is C21H24N4O2. The van der Waals surface area contributed by atoms with Crippen LogP contribution < -0.4 is 15.2 Å². The first kappa shape index (κ1) is 17.5. The first-order valence-electron chi connectivity index (χ1n) is 9.52. The zero-order chi connectivity index (χ0) is 18.6. The second-order valence-electron chi connectivity index (χ2n) is 7.24. The second kappa shape index (κ2) is 7.78. The summed E-state index contributed by atoms with van der Waals surface area (Å²) in [5.41, 5.74) is 1.44. The molecule has 0 spiro atoms. The van der Waals surface area contributed by atoms with Gasteiger partial charge < -0.3 is 9.64 Å². The van der Waals surface area contributed by atoms with Gasteiger partial charge in [0.15, 0.2) is 0 Å². The molecule has 0 unspecified atom stereocenters. The maximum atomic E-state index is 12.1. The summed E-state index contributed by atoms with van der Waals surface area (Å²) in [6.45, 7) is 1.09. The summed E-state index contributed by atoms with van der Waals surface area (Å²) in [6, 6.07) is 9.70. The summed E-state index contributed by atoms with van der Waals surface area (Å²) in [4.78, 5) is 25.4. The molecule has 1 N–H and O–H groups in total. The van der Waals surface area contributed by atoms with E-state index in [9.17, 15) is 4.79 Å². The van der Waals surface area contributed by atoms with Crippen molar-refractivity contribution in [3.8, 4) is 11.8 Å². The molecule has 0 atom stereocenters. The van der Waals surface area contributed by atoms with E-state index in [1.54, 1.807) is 18.5 Å². The standard InChI is InChI=1S/C21H24N4O2/c1-25(14-15-5-3-2-4-6-15)16-7-9-17(10-8-16)27-21-23-19-13-22-12-11-18(19)20(26)24-21/h7-13,15H,2-6,14H2,1H3,(H,23,24,26). The number of rotatable bonds is 5. The van der Waals surface area contributed by atoms with Gasteiger partial charge in [0.25, 0.3) is 5.56 Å². The first-order valence-corrected chi connectivity index (χ1v) is 9.52. The van der Waals surface area contributed by atoms with Crippen LogP contribution in [-0.4, -0.2) is 28.5 Å². The highest BCUT2D eigenvalue weighted by molar-refractivity contribution is 5.76. The normalized spacial score (nSPS) is 15.0. The summed E-state index contributed by atoms with van der Waals surface area (Å²) < 4.78 is 5.74. The third-order valence-corrected chi connectivity index (χ3v) is 5.24. The fraction of sp³-hybridized carbons (Fsp3) is 0.381. The molecule has 0 radical (unpaired) electrons. The Bertz CT molecular complexity index is 962. The molecule has 1 aromatic carbocycles. The van der Waals surface area contributed by atoms with Crippen LogP contribution in [0.15, 0.2) is 47.5 Å². The highest BCUT2D eigenvalue weighted by atomic mass is 16.5. The number of nitrogens with zero attached hydrogens (tertiary/aromatic N) is 3. The predicted molar refractivity (Wildman–Crippen MR) is 107 cm³/mol. The molecule has 1 aliphatic carbocycles. The zero-order valence-electron chi connectivity index (χ0n) is 15.5. The Morgan fingerprint density at radius 2 is 1.93 bits per heavy atom. The summed E-state index contributed by atoms with van der Waals surface area (Å²) >= 11 is 0. The first-order chi connectivity index (χ1) is 13.2. The third kappa shape index (κ3) is 4.10. The SMILES string of the molecule is CN(CC1CCCCC1)c1ccc(Oc2nc3cnccc3c(=O)[nH]2)cc1. The molecule has 1 fully saturated rings. The minimum Gasteiger partial charge on any atom is -0.426 e. The lowest BCUT2D eigenvalue weighted by Crippen LogP contribution is -2.26. The van der Waals surface area contributed by atoms with Crippen molar-refractivity contribution in [2.45, 2.75) is 32.1 Å². The van der Waals surface area contributed by atoms with Crippen molar-refractivity contribution in [3.63, 3.8) is 0 Å². The lowest BCUT2D eigenvalue weighted by molar-refractivity contribution is 0.362. The Morgan fingerprint density at radius 1 is 1.15 bits per heavy atom. The number of H-pyrrole nitrogens is 1. The second-order valence-corrected chi connectivity index (χ2v) is 7.24. The minimum atomic E-state index is -0.235. The number of benzene rings is 1. The van der Waals surface area contributed by atoms with Crippen molar-refractivity contribution in [1.82, 2.24) is 15.0 Å². The molecule has 4 rings (SSSR count). The Morgan fingerprint density at radius 3 is 2.70 bits per heavy atom. The van der Waals surface area contributed by atoms with Gasteiger partial charge in [0.2, 0.25) is 0 Å². The maximum absolute atomic E-state index is 12.1. The van der Waals surface area contributed by atoms with Crippen LogP contribution in [0.5, 0.6) is 11.8 Å². The van der Waals surface area contributed by atoms with E-state index in [1.807, 2.05) is 24.3 Å². The van der Waals surface area contributed by atoms with E-state index in [-0.39, 0.29) is 11.6 Å². The Kier molecular flexibility index (Phi) is 5.05. The van der Waals surface area contributed by atoms with Crippen LogP contribution in [0.1, 0.15) is 32.1 Å². The van der Waals surface area contributed by atoms with Gasteiger partial charge in [0, 0.05) is 25.5 Å². The van der Waals surface area contributed by atoms with Gasteiger partial charge in [-0.1, -0.05) is 19.3 Å². The summed E-state index contributed by atoms with van der Waals surface area (Å²) in [5, 5.41) is 0.497. The van der Waals surface area contributed by atoms with E-state index in [0.717, 1.165) is 18.2 Å². The Labute approximate surface area is 158 Å². The zero-order valence-corrected chi connectivity index (χ0v) is 15.5. The molecule has 0 saturated heterocycles. The number of fused-ring (bicyclic) bond motifs is 1. The van der Waals surface area contributed by atoms with E-state index in [0.29, 0.717) is 16.7 Å². The Balaban J connectivity index is 1.45. The summed E-state index contributed by atoms with van der Waals surface area (Å²) in [5.74, 6) is 1.43. The lowest BCUT2D eigenvalue weighted by Gasteiger charge is -2.28. The number of aromatic amines is 1. The van der Waals surface area contributed by atoms with Crippen molar-refractivity contribution >= 4 is 16.6 Å². The van der Waals surface area contributed by atoms with Gasteiger partial charge in [-0.3, -0.25) is 14.8 Å². The highest BCUT2D eigenvalue weighted by Crippen LogP contribution is 2.27. The largest absolute Gasteiger partial charge is 0.426 e. The molecule has 6 nitrogen and oxygen atoms in total. The van der Waals surface area contributed by atoms with Crippen LogP contribution in [-0.2, 0) is 0 Å². The predicted octanol–water partition coefficient (Wildman–Crippen LogP) is 4.13. The number of anilines is 1. The quantitative estimate of drug-likeness (QED) is 0.737. The van der Waals surface area contributed by atoms with Crippen LogP contribution >= 0.6 is 0 Å². The van der Waals surface area contributed by atoms with Gasteiger partial charge in [-0.2, -0.15) is 4.98 Å². The fourth-order valence-electron chi connectivity index (χ4n) is 3.76. The minimum absolute atomic E-state index is 0.170. The van der Waals surface area contributed by atoms with Crippen LogP contribution in [0.3, 0.4) is 0 Å². The molecule has 2 aromatic heterocycles. The monoisotopic (exact) mass is 364 g/mol. The number of ether oxygens (including phenoxy) is 1. The molecule has 0 bridgehead atoms. The highest BCUT2D eigenvalue weighted by Gasteiger charge is 2.15. The van der Waals surface area contributed by atoms with Crippen molar-refractivity contribution in [1.29, 1.82) is 0 Å². The van der Waals surface area contributed by atoms with Crippen LogP contribution in [0.2, 0.25) is 0 Å². The number of aromatic nitrogens is 3. The molecule has 1 saturated carbocycles. The maximum Gasteiger partial charge on any atom is 0.302 e. The molecule has 140 valence electrons. The summed E-state index contributed by atoms with van der Waals surface area (Å²) in [6.07, 6.45) is 9.90. The van der Waals surface area contributed by atoms with Gasteiger partial charge >= 0.3 is 6.01 Å². The van der Waals surface area contributed by atoms with E-state index in [4.69, 9.17) is 4.74 Å². The molecule has 2 heterocycles. The van der Waals surface area contributed by atoms with Gasteiger partial charge in [-0.25, -0.2) is 0 Å². The fourth-order valence-corrected chi connectivity index (χ4v) is 3.76. The van der Waals surface area contributed by atoms with Crippen molar-refractivity contribution in [3.05, 3.63) is 53.1 Å². The molecule has 1 aliphatic rings. The van der Waals surface area contributed by atoms with E-state index in [1.165, 1.54) is 32.1 Å². The number of hydrogen-bond acceptors (Lipinski definition) is 5. The van der Waals surface area contributed by atoms with Gasteiger partial charge in [-0.15, -0.1) is 0 Å².